The maximum Gasteiger partial charge on any atom is 0.0549 e. The zero-order valence-corrected chi connectivity index (χ0v) is 13.1. The molecular weight excluding hydrogens is 323 g/mol. The van der Waals surface area contributed by atoms with Gasteiger partial charge in [0.05, 0.1) is 5.02 Å². The molecule has 0 aliphatic carbocycles. The van der Waals surface area contributed by atoms with E-state index in [1.54, 1.807) is 0 Å². The minimum absolute atomic E-state index is 0. The van der Waals surface area contributed by atoms with Gasteiger partial charge in [0.15, 0.2) is 0 Å². The molecule has 17 heavy (non-hydrogen) atoms. The van der Waals surface area contributed by atoms with E-state index in [-0.39, 0.29) is 12.4 Å². The van der Waals surface area contributed by atoms with E-state index >= 15 is 0 Å². The SMILES string of the molecule is C[C@@H]1CN(c2ccc(Cl)c(Br)c2)C[C@H](C)N1.Cl. The number of halogens is 3. The summed E-state index contributed by atoms with van der Waals surface area (Å²) in [5.41, 5.74) is 1.23. The fraction of sp³-hybridized carbons (Fsp3) is 0.500. The van der Waals surface area contributed by atoms with Gasteiger partial charge in [0.1, 0.15) is 0 Å². The minimum Gasteiger partial charge on any atom is -0.368 e. The number of nitrogens with zero attached hydrogens (tertiary/aromatic N) is 1. The molecule has 1 N–H and O–H groups in total. The molecule has 1 aliphatic rings. The van der Waals surface area contributed by atoms with Crippen LogP contribution >= 0.6 is 39.9 Å². The summed E-state index contributed by atoms with van der Waals surface area (Å²) in [6.45, 7) is 6.51. The van der Waals surface area contributed by atoms with Crippen LogP contribution in [0, 0.1) is 0 Å². The van der Waals surface area contributed by atoms with Gasteiger partial charge in [0.2, 0.25) is 0 Å². The zero-order valence-electron chi connectivity index (χ0n) is 9.91. The van der Waals surface area contributed by atoms with Crippen molar-refractivity contribution in [1.29, 1.82) is 0 Å². The van der Waals surface area contributed by atoms with Crippen LogP contribution in [0.2, 0.25) is 5.02 Å². The van der Waals surface area contributed by atoms with Crippen LogP contribution in [0.25, 0.3) is 0 Å². The minimum atomic E-state index is 0. The topological polar surface area (TPSA) is 15.3 Å². The van der Waals surface area contributed by atoms with Crippen LogP contribution in [0.5, 0.6) is 0 Å². The Kier molecular flexibility index (Phi) is 5.58. The van der Waals surface area contributed by atoms with E-state index in [1.807, 2.05) is 6.07 Å². The van der Waals surface area contributed by atoms with Gasteiger partial charge in [-0.05, 0) is 48.0 Å². The Morgan fingerprint density at radius 3 is 2.41 bits per heavy atom. The first kappa shape index (κ1) is 15.1. The van der Waals surface area contributed by atoms with E-state index in [1.165, 1.54) is 5.69 Å². The van der Waals surface area contributed by atoms with E-state index in [4.69, 9.17) is 11.6 Å². The number of benzene rings is 1. The molecule has 0 amide bonds. The summed E-state index contributed by atoms with van der Waals surface area (Å²) < 4.78 is 0.963. The third-order valence-corrected chi connectivity index (χ3v) is 4.04. The Morgan fingerprint density at radius 2 is 1.88 bits per heavy atom. The van der Waals surface area contributed by atoms with E-state index in [0.29, 0.717) is 12.1 Å². The lowest BCUT2D eigenvalue weighted by Gasteiger charge is -2.37. The van der Waals surface area contributed by atoms with Crippen LogP contribution < -0.4 is 10.2 Å². The van der Waals surface area contributed by atoms with Gasteiger partial charge in [0.25, 0.3) is 0 Å². The van der Waals surface area contributed by atoms with Crippen molar-refractivity contribution < 1.29 is 0 Å². The van der Waals surface area contributed by atoms with Crippen molar-refractivity contribution >= 4 is 45.6 Å². The third-order valence-electron chi connectivity index (χ3n) is 2.83. The van der Waals surface area contributed by atoms with Crippen LogP contribution in [-0.4, -0.2) is 25.2 Å². The van der Waals surface area contributed by atoms with Gasteiger partial charge in [0, 0.05) is 35.3 Å². The van der Waals surface area contributed by atoms with Gasteiger partial charge >= 0.3 is 0 Å². The molecule has 1 aromatic rings. The number of piperazine rings is 1. The van der Waals surface area contributed by atoms with Crippen LogP contribution in [0.15, 0.2) is 22.7 Å². The Balaban J connectivity index is 0.00000144. The summed E-state index contributed by atoms with van der Waals surface area (Å²) in [6, 6.07) is 7.17. The maximum atomic E-state index is 6.00. The molecule has 96 valence electrons. The Labute approximate surface area is 122 Å². The molecule has 0 aromatic heterocycles. The third kappa shape index (κ3) is 3.75. The second kappa shape index (κ2) is 6.28. The first-order valence-electron chi connectivity index (χ1n) is 5.52. The molecule has 0 bridgehead atoms. The standard InChI is InChI=1S/C12H16BrClN2.ClH/c1-8-6-16(7-9(2)15-8)10-3-4-12(14)11(13)5-10;/h3-5,8-9,15H,6-7H2,1-2H3;1H/t8-,9+;. The number of nitrogens with one attached hydrogen (secondary N) is 1. The summed E-state index contributed by atoms with van der Waals surface area (Å²) in [7, 11) is 0. The lowest BCUT2D eigenvalue weighted by atomic mass is 10.1. The molecule has 2 rings (SSSR count). The number of hydrogen-bond donors (Lipinski definition) is 1. The van der Waals surface area contributed by atoms with Crippen molar-refractivity contribution in [1.82, 2.24) is 5.32 Å². The predicted molar refractivity (Wildman–Crippen MR) is 80.7 cm³/mol. The molecule has 1 heterocycles. The fourth-order valence-electron chi connectivity index (χ4n) is 2.22. The summed E-state index contributed by atoms with van der Waals surface area (Å²) in [4.78, 5) is 2.40. The summed E-state index contributed by atoms with van der Waals surface area (Å²) in [5.74, 6) is 0. The van der Waals surface area contributed by atoms with Gasteiger partial charge in [-0.15, -0.1) is 12.4 Å². The van der Waals surface area contributed by atoms with E-state index in [2.05, 4.69) is 52.1 Å². The van der Waals surface area contributed by atoms with Crippen molar-refractivity contribution in [2.45, 2.75) is 25.9 Å². The van der Waals surface area contributed by atoms with Crippen LogP contribution in [0.4, 0.5) is 5.69 Å². The molecule has 1 saturated heterocycles. The van der Waals surface area contributed by atoms with Gasteiger partial charge < -0.3 is 10.2 Å². The van der Waals surface area contributed by atoms with Gasteiger partial charge in [-0.1, -0.05) is 11.6 Å². The number of anilines is 1. The van der Waals surface area contributed by atoms with E-state index in [0.717, 1.165) is 22.6 Å². The molecular formula is C12H17BrCl2N2. The monoisotopic (exact) mass is 338 g/mol. The summed E-state index contributed by atoms with van der Waals surface area (Å²) >= 11 is 9.47. The Morgan fingerprint density at radius 1 is 1.29 bits per heavy atom. The van der Waals surface area contributed by atoms with Crippen molar-refractivity contribution in [2.24, 2.45) is 0 Å². The molecule has 0 saturated carbocycles. The highest BCUT2D eigenvalue weighted by Crippen LogP contribution is 2.28. The van der Waals surface area contributed by atoms with Crippen LogP contribution in [0.3, 0.4) is 0 Å². The molecule has 1 aromatic carbocycles. The van der Waals surface area contributed by atoms with E-state index < -0.39 is 0 Å². The molecule has 2 nitrogen and oxygen atoms in total. The van der Waals surface area contributed by atoms with Crippen molar-refractivity contribution in [2.75, 3.05) is 18.0 Å². The van der Waals surface area contributed by atoms with Crippen LogP contribution in [0.1, 0.15) is 13.8 Å². The summed E-state index contributed by atoms with van der Waals surface area (Å²) in [6.07, 6.45) is 0. The first-order chi connectivity index (χ1) is 7.56. The quantitative estimate of drug-likeness (QED) is 0.839. The molecule has 0 unspecified atom stereocenters. The summed E-state index contributed by atoms with van der Waals surface area (Å²) in [5, 5.41) is 4.29. The predicted octanol–water partition coefficient (Wildman–Crippen LogP) is 3.71. The smallest absolute Gasteiger partial charge is 0.0549 e. The molecule has 1 fully saturated rings. The average molecular weight is 340 g/mol. The maximum absolute atomic E-state index is 6.00. The van der Waals surface area contributed by atoms with Gasteiger partial charge in [-0.2, -0.15) is 0 Å². The van der Waals surface area contributed by atoms with E-state index in [9.17, 15) is 0 Å². The fourth-order valence-corrected chi connectivity index (χ4v) is 2.70. The van der Waals surface area contributed by atoms with Crippen molar-refractivity contribution in [3.05, 3.63) is 27.7 Å². The molecule has 0 spiro atoms. The first-order valence-corrected chi connectivity index (χ1v) is 6.69. The van der Waals surface area contributed by atoms with Crippen molar-refractivity contribution in [3.8, 4) is 0 Å². The largest absolute Gasteiger partial charge is 0.368 e. The second-order valence-corrected chi connectivity index (χ2v) is 5.73. The van der Waals surface area contributed by atoms with Crippen LogP contribution in [-0.2, 0) is 0 Å². The molecule has 5 heteroatoms. The molecule has 2 atom stereocenters. The Hall–Kier alpha value is 0.0400. The highest BCUT2D eigenvalue weighted by molar-refractivity contribution is 9.10. The van der Waals surface area contributed by atoms with Gasteiger partial charge in [-0.25, -0.2) is 0 Å². The Bertz CT molecular complexity index is 377. The number of rotatable bonds is 1. The highest BCUT2D eigenvalue weighted by atomic mass is 79.9. The highest BCUT2D eigenvalue weighted by Gasteiger charge is 2.21. The lowest BCUT2D eigenvalue weighted by Crippen LogP contribution is -2.54. The lowest BCUT2D eigenvalue weighted by molar-refractivity contribution is 0.407. The molecule has 0 radical (unpaired) electrons. The zero-order chi connectivity index (χ0) is 11.7. The normalized spacial score (nSPS) is 24.4. The number of hydrogen-bond acceptors (Lipinski definition) is 2. The van der Waals surface area contributed by atoms with Crippen molar-refractivity contribution in [3.63, 3.8) is 0 Å². The average Bonchev–Trinajstić information content (AvgIpc) is 2.20. The molecule has 1 aliphatic heterocycles. The van der Waals surface area contributed by atoms with Gasteiger partial charge in [-0.3, -0.25) is 0 Å². The second-order valence-electron chi connectivity index (χ2n) is 4.47.